The predicted octanol–water partition coefficient (Wildman–Crippen LogP) is 2.83. The third-order valence-corrected chi connectivity index (χ3v) is 3.23. The summed E-state index contributed by atoms with van der Waals surface area (Å²) in [7, 11) is 0. The van der Waals surface area contributed by atoms with E-state index in [0.717, 1.165) is 0 Å². The van der Waals surface area contributed by atoms with Crippen molar-refractivity contribution in [1.29, 1.82) is 0 Å². The number of carbonyl (C=O) groups excluding carboxylic acids is 2. The van der Waals surface area contributed by atoms with Gasteiger partial charge in [-0.15, -0.1) is 0 Å². The summed E-state index contributed by atoms with van der Waals surface area (Å²) in [5, 5.41) is 2.59. The van der Waals surface area contributed by atoms with Gasteiger partial charge >= 0.3 is 0 Å². The molecule has 0 unspecified atom stereocenters. The van der Waals surface area contributed by atoms with Gasteiger partial charge in [0.1, 0.15) is 17.5 Å². The molecule has 0 aliphatic carbocycles. The van der Waals surface area contributed by atoms with Crippen LogP contribution >= 0.6 is 0 Å². The summed E-state index contributed by atoms with van der Waals surface area (Å²) >= 11 is 0. The summed E-state index contributed by atoms with van der Waals surface area (Å²) in [4.78, 5) is 23.4. The Morgan fingerprint density at radius 2 is 1.71 bits per heavy atom. The summed E-state index contributed by atoms with van der Waals surface area (Å²) in [6, 6.07) is 5.16. The first-order valence-electron chi connectivity index (χ1n) is 6.08. The normalized spacial score (nSPS) is 13.0. The van der Waals surface area contributed by atoms with Crippen molar-refractivity contribution in [3.8, 4) is 0 Å². The van der Waals surface area contributed by atoms with Gasteiger partial charge in [-0.25, -0.2) is 13.2 Å². The quantitative estimate of drug-likeness (QED) is 0.865. The SMILES string of the molecule is O=C1Cc2cc(C(=O)c3c(F)cc(F)cc3F)ccc2N1. The molecule has 1 aliphatic rings. The molecule has 2 aromatic carbocycles. The van der Waals surface area contributed by atoms with Gasteiger partial charge in [0.05, 0.1) is 12.0 Å². The minimum absolute atomic E-state index is 0.0367. The van der Waals surface area contributed by atoms with Gasteiger partial charge in [-0.1, -0.05) is 0 Å². The van der Waals surface area contributed by atoms with Crippen LogP contribution in [-0.4, -0.2) is 11.7 Å². The second-order valence-electron chi connectivity index (χ2n) is 4.67. The van der Waals surface area contributed by atoms with Gasteiger partial charge in [0.15, 0.2) is 5.78 Å². The molecule has 1 aliphatic heterocycles. The highest BCUT2D eigenvalue weighted by atomic mass is 19.1. The topological polar surface area (TPSA) is 46.2 Å². The molecule has 3 nitrogen and oxygen atoms in total. The minimum atomic E-state index is -1.26. The molecular formula is C15H8F3NO2. The van der Waals surface area contributed by atoms with Crippen LogP contribution in [0.4, 0.5) is 18.9 Å². The molecule has 1 heterocycles. The molecule has 0 fully saturated rings. The van der Waals surface area contributed by atoms with Crippen LogP contribution in [0.3, 0.4) is 0 Å². The lowest BCUT2D eigenvalue weighted by Crippen LogP contribution is -2.08. The molecule has 1 amide bonds. The number of fused-ring (bicyclic) bond motifs is 1. The van der Waals surface area contributed by atoms with E-state index in [-0.39, 0.29) is 17.9 Å². The Bertz CT molecular complexity index is 763. The molecule has 0 atom stereocenters. The fourth-order valence-electron chi connectivity index (χ4n) is 2.27. The number of rotatable bonds is 2. The van der Waals surface area contributed by atoms with Crippen molar-refractivity contribution in [3.05, 3.63) is 64.5 Å². The summed E-state index contributed by atoms with van der Waals surface area (Å²) in [5.74, 6) is -4.72. The number of carbonyl (C=O) groups is 2. The standard InChI is InChI=1S/C15H8F3NO2/c16-9-5-10(17)14(11(18)6-9)15(21)7-1-2-12-8(3-7)4-13(20)19-12/h1-3,5-6H,4H2,(H,19,20). The lowest BCUT2D eigenvalue weighted by atomic mass is 9.99. The molecular weight excluding hydrogens is 283 g/mol. The lowest BCUT2D eigenvalue weighted by molar-refractivity contribution is -0.115. The average Bonchev–Trinajstić information content (AvgIpc) is 2.76. The van der Waals surface area contributed by atoms with Crippen LogP contribution in [-0.2, 0) is 11.2 Å². The van der Waals surface area contributed by atoms with Gasteiger partial charge < -0.3 is 5.32 Å². The zero-order valence-electron chi connectivity index (χ0n) is 10.5. The summed E-state index contributed by atoms with van der Waals surface area (Å²) in [6.45, 7) is 0. The second-order valence-corrected chi connectivity index (χ2v) is 4.67. The molecule has 0 spiro atoms. The molecule has 1 N–H and O–H groups in total. The van der Waals surface area contributed by atoms with Gasteiger partial charge in [0.25, 0.3) is 0 Å². The predicted molar refractivity (Wildman–Crippen MR) is 68.5 cm³/mol. The Morgan fingerprint density at radius 3 is 2.38 bits per heavy atom. The van der Waals surface area contributed by atoms with E-state index in [1.807, 2.05) is 0 Å². The Hall–Kier alpha value is -2.63. The van der Waals surface area contributed by atoms with E-state index in [2.05, 4.69) is 5.32 Å². The van der Waals surface area contributed by atoms with Crippen molar-refractivity contribution in [2.45, 2.75) is 6.42 Å². The molecule has 0 bridgehead atoms. The Labute approximate surface area is 117 Å². The highest BCUT2D eigenvalue weighted by Crippen LogP contribution is 2.26. The van der Waals surface area contributed by atoms with Crippen LogP contribution in [0.5, 0.6) is 0 Å². The third-order valence-electron chi connectivity index (χ3n) is 3.23. The number of benzene rings is 2. The van der Waals surface area contributed by atoms with E-state index in [4.69, 9.17) is 0 Å². The van der Waals surface area contributed by atoms with Gasteiger partial charge in [-0.3, -0.25) is 9.59 Å². The number of halogens is 3. The Morgan fingerprint density at radius 1 is 1.05 bits per heavy atom. The Kier molecular flexibility index (Phi) is 3.01. The maximum Gasteiger partial charge on any atom is 0.228 e. The number of nitrogens with one attached hydrogen (secondary N) is 1. The molecule has 6 heteroatoms. The van der Waals surface area contributed by atoms with Gasteiger partial charge in [0, 0.05) is 23.4 Å². The molecule has 21 heavy (non-hydrogen) atoms. The molecule has 0 radical (unpaired) electrons. The maximum absolute atomic E-state index is 13.6. The second kappa shape index (κ2) is 4.73. The molecule has 0 saturated heterocycles. The van der Waals surface area contributed by atoms with Crippen molar-refractivity contribution in [2.24, 2.45) is 0 Å². The van der Waals surface area contributed by atoms with E-state index in [0.29, 0.717) is 23.4 Å². The van der Waals surface area contributed by atoms with Crippen molar-refractivity contribution >= 4 is 17.4 Å². The number of hydrogen-bond donors (Lipinski definition) is 1. The highest BCUT2D eigenvalue weighted by Gasteiger charge is 2.23. The average molecular weight is 291 g/mol. The number of ketones is 1. The van der Waals surface area contributed by atoms with Crippen LogP contribution in [0.1, 0.15) is 21.5 Å². The van der Waals surface area contributed by atoms with Crippen molar-refractivity contribution in [1.82, 2.24) is 0 Å². The first kappa shape index (κ1) is 13.4. The zero-order valence-corrected chi connectivity index (χ0v) is 10.5. The smallest absolute Gasteiger partial charge is 0.228 e. The fourth-order valence-corrected chi connectivity index (χ4v) is 2.27. The zero-order chi connectivity index (χ0) is 15.1. The summed E-state index contributed by atoms with van der Waals surface area (Å²) in [5.41, 5.74) is 0.369. The maximum atomic E-state index is 13.6. The van der Waals surface area contributed by atoms with E-state index in [1.54, 1.807) is 0 Å². The fraction of sp³-hybridized carbons (Fsp3) is 0.0667. The van der Waals surface area contributed by atoms with E-state index in [1.165, 1.54) is 18.2 Å². The summed E-state index contributed by atoms with van der Waals surface area (Å²) in [6.07, 6.45) is 0.102. The number of hydrogen-bond acceptors (Lipinski definition) is 2. The molecule has 106 valence electrons. The van der Waals surface area contributed by atoms with Crippen LogP contribution < -0.4 is 5.32 Å². The lowest BCUT2D eigenvalue weighted by Gasteiger charge is -2.06. The molecule has 2 aromatic rings. The van der Waals surface area contributed by atoms with Crippen LogP contribution in [0.25, 0.3) is 0 Å². The van der Waals surface area contributed by atoms with E-state index < -0.39 is 28.8 Å². The van der Waals surface area contributed by atoms with Crippen molar-refractivity contribution < 1.29 is 22.8 Å². The van der Waals surface area contributed by atoms with Gasteiger partial charge in [0.2, 0.25) is 5.91 Å². The molecule has 3 rings (SSSR count). The van der Waals surface area contributed by atoms with Crippen molar-refractivity contribution in [3.63, 3.8) is 0 Å². The monoisotopic (exact) mass is 291 g/mol. The molecule has 0 saturated carbocycles. The van der Waals surface area contributed by atoms with Crippen LogP contribution in [0.15, 0.2) is 30.3 Å². The number of amides is 1. The van der Waals surface area contributed by atoms with Gasteiger partial charge in [-0.2, -0.15) is 0 Å². The van der Waals surface area contributed by atoms with E-state index >= 15 is 0 Å². The van der Waals surface area contributed by atoms with Gasteiger partial charge in [-0.05, 0) is 23.8 Å². The first-order chi connectivity index (χ1) is 9.95. The van der Waals surface area contributed by atoms with Crippen molar-refractivity contribution in [2.75, 3.05) is 5.32 Å². The molecule has 0 aromatic heterocycles. The number of anilines is 1. The first-order valence-corrected chi connectivity index (χ1v) is 6.08. The Balaban J connectivity index is 2.04. The minimum Gasteiger partial charge on any atom is -0.326 e. The largest absolute Gasteiger partial charge is 0.326 e. The van der Waals surface area contributed by atoms with Crippen LogP contribution in [0, 0.1) is 17.5 Å². The third kappa shape index (κ3) is 2.29. The summed E-state index contributed by atoms with van der Waals surface area (Å²) < 4.78 is 40.1. The van der Waals surface area contributed by atoms with E-state index in [9.17, 15) is 22.8 Å². The van der Waals surface area contributed by atoms with Crippen LogP contribution in [0.2, 0.25) is 0 Å². The highest BCUT2D eigenvalue weighted by molar-refractivity contribution is 6.10.